The van der Waals surface area contributed by atoms with Crippen LogP contribution in [0, 0.1) is 0 Å². The SMILES string of the molecule is CSCCC(O)C(=O)[O-].CSCCC(O)C(=O)[O-].[Ca+2]. The van der Waals surface area contributed by atoms with Crippen LogP contribution in [0.5, 0.6) is 0 Å². The molecule has 0 aliphatic heterocycles. The molecule has 19 heavy (non-hydrogen) atoms. The third kappa shape index (κ3) is 18.8. The maximum atomic E-state index is 9.83. The standard InChI is InChI=1S/2C5H10O3S.Ca/c2*1-9-3-2-4(6)5(7)8;/h2*4,6H,2-3H2,1H3,(H,7,8);/q;;+2/p-2. The van der Waals surface area contributed by atoms with E-state index in [0.29, 0.717) is 11.5 Å². The Kier molecular flexibility index (Phi) is 22.0. The average molecular weight is 338 g/mol. The van der Waals surface area contributed by atoms with E-state index in [2.05, 4.69) is 0 Å². The van der Waals surface area contributed by atoms with Crippen molar-refractivity contribution in [2.75, 3.05) is 24.0 Å². The van der Waals surface area contributed by atoms with Crippen molar-refractivity contribution in [3.63, 3.8) is 0 Å². The summed E-state index contributed by atoms with van der Waals surface area (Å²) in [6.45, 7) is 0. The molecule has 0 aliphatic carbocycles. The van der Waals surface area contributed by atoms with E-state index in [4.69, 9.17) is 10.2 Å². The summed E-state index contributed by atoms with van der Waals surface area (Å²) in [6.07, 6.45) is 1.65. The van der Waals surface area contributed by atoms with E-state index in [1.807, 2.05) is 12.5 Å². The van der Waals surface area contributed by atoms with Crippen LogP contribution in [-0.4, -0.2) is 96.1 Å². The van der Waals surface area contributed by atoms with E-state index in [9.17, 15) is 19.8 Å². The average Bonchev–Trinajstić information content (AvgIpc) is 2.33. The number of carbonyl (C=O) groups is 2. The monoisotopic (exact) mass is 338 g/mol. The first-order valence-electron chi connectivity index (χ1n) is 5.12. The van der Waals surface area contributed by atoms with Crippen LogP contribution in [0.3, 0.4) is 0 Å². The van der Waals surface area contributed by atoms with Crippen molar-refractivity contribution in [3.8, 4) is 0 Å². The van der Waals surface area contributed by atoms with Gasteiger partial charge in [-0.2, -0.15) is 23.5 Å². The first-order valence-corrected chi connectivity index (χ1v) is 7.91. The molecule has 0 saturated carbocycles. The van der Waals surface area contributed by atoms with Gasteiger partial charge in [-0.05, 0) is 36.9 Å². The quantitative estimate of drug-likeness (QED) is 0.459. The summed E-state index contributed by atoms with van der Waals surface area (Å²) in [4.78, 5) is 19.7. The van der Waals surface area contributed by atoms with Gasteiger partial charge in [-0.15, -0.1) is 0 Å². The summed E-state index contributed by atoms with van der Waals surface area (Å²) in [5.74, 6) is -1.47. The van der Waals surface area contributed by atoms with Gasteiger partial charge in [0, 0.05) is 0 Å². The summed E-state index contributed by atoms with van der Waals surface area (Å²) in [6, 6.07) is 0. The zero-order valence-corrected chi connectivity index (χ0v) is 14.9. The molecule has 108 valence electrons. The molecule has 0 amide bonds. The molecule has 9 heteroatoms. The van der Waals surface area contributed by atoms with Crippen LogP contribution in [0.2, 0.25) is 0 Å². The first-order chi connectivity index (χ1) is 8.36. The largest absolute Gasteiger partial charge is 2.00 e. The molecule has 2 N–H and O–H groups in total. The van der Waals surface area contributed by atoms with E-state index in [-0.39, 0.29) is 50.6 Å². The Balaban J connectivity index is -0.000000256. The van der Waals surface area contributed by atoms with Gasteiger partial charge in [0.15, 0.2) is 0 Å². The van der Waals surface area contributed by atoms with Crippen molar-refractivity contribution in [2.45, 2.75) is 25.0 Å². The van der Waals surface area contributed by atoms with Gasteiger partial charge in [0.25, 0.3) is 0 Å². The van der Waals surface area contributed by atoms with Crippen LogP contribution in [0.4, 0.5) is 0 Å². The molecule has 0 spiro atoms. The van der Waals surface area contributed by atoms with Gasteiger partial charge in [0.1, 0.15) is 0 Å². The van der Waals surface area contributed by atoms with Gasteiger partial charge in [-0.3, -0.25) is 0 Å². The molecule has 0 aromatic heterocycles. The number of carbonyl (C=O) groups excluding carboxylic acids is 2. The topological polar surface area (TPSA) is 121 Å². The number of rotatable bonds is 8. The maximum Gasteiger partial charge on any atom is 2.00 e. The van der Waals surface area contributed by atoms with E-state index in [1.54, 1.807) is 0 Å². The molecular formula is C10H18CaO6S2. The van der Waals surface area contributed by atoms with Gasteiger partial charge in [-0.1, -0.05) is 0 Å². The van der Waals surface area contributed by atoms with Crippen LogP contribution in [0.25, 0.3) is 0 Å². The fraction of sp³-hybridized carbons (Fsp3) is 0.800. The molecule has 6 nitrogen and oxygen atoms in total. The Morgan fingerprint density at radius 1 is 0.947 bits per heavy atom. The minimum atomic E-state index is -1.39. The molecule has 2 atom stereocenters. The van der Waals surface area contributed by atoms with Crippen molar-refractivity contribution in [1.29, 1.82) is 0 Å². The third-order valence-electron chi connectivity index (χ3n) is 1.73. The number of thioether (sulfide) groups is 2. The summed E-state index contributed by atoms with van der Waals surface area (Å²) >= 11 is 2.99. The van der Waals surface area contributed by atoms with Crippen LogP contribution >= 0.6 is 23.5 Å². The number of carboxylic acid groups (broad SMARTS) is 2. The number of aliphatic carboxylic acids is 2. The Labute approximate surface area is 151 Å². The zero-order chi connectivity index (χ0) is 14.6. The van der Waals surface area contributed by atoms with Gasteiger partial charge in [-0.25, -0.2) is 0 Å². The number of hydrogen-bond donors (Lipinski definition) is 2. The summed E-state index contributed by atoms with van der Waals surface area (Å²) in [5.41, 5.74) is 0. The Morgan fingerprint density at radius 2 is 1.21 bits per heavy atom. The smallest absolute Gasteiger partial charge is 0.547 e. The Hall–Kier alpha value is 0.820. The van der Waals surface area contributed by atoms with Crippen molar-refractivity contribution in [3.05, 3.63) is 0 Å². The molecule has 0 rings (SSSR count). The first kappa shape index (κ1) is 24.8. The minimum absolute atomic E-state index is 0. The van der Waals surface area contributed by atoms with Gasteiger partial charge in [0.2, 0.25) is 0 Å². The second kappa shape index (κ2) is 16.9. The van der Waals surface area contributed by atoms with Crippen LogP contribution in [-0.2, 0) is 9.59 Å². The predicted octanol–water partition coefficient (Wildman–Crippen LogP) is -2.68. The van der Waals surface area contributed by atoms with Crippen molar-refractivity contribution < 1.29 is 30.0 Å². The zero-order valence-electron chi connectivity index (χ0n) is 11.0. The molecule has 0 saturated heterocycles. The number of hydrogen-bond acceptors (Lipinski definition) is 8. The molecule has 2 unspecified atom stereocenters. The maximum absolute atomic E-state index is 9.83. The third-order valence-corrected chi connectivity index (χ3v) is 3.02. The molecule has 0 aliphatic rings. The molecule has 0 bridgehead atoms. The van der Waals surface area contributed by atoms with Crippen LogP contribution in [0.1, 0.15) is 12.8 Å². The van der Waals surface area contributed by atoms with Gasteiger partial charge in [0.05, 0.1) is 24.1 Å². The molecule has 0 aromatic rings. The Bertz CT molecular complexity index is 218. The fourth-order valence-corrected chi connectivity index (χ4v) is 1.61. The molecule has 0 radical (unpaired) electrons. The number of carboxylic acids is 2. The minimum Gasteiger partial charge on any atom is -0.547 e. The van der Waals surface area contributed by atoms with Gasteiger partial charge >= 0.3 is 37.7 Å². The molecule has 0 fully saturated rings. The number of aliphatic hydroxyl groups excluding tert-OH is 2. The molecule has 0 aromatic carbocycles. The summed E-state index contributed by atoms with van der Waals surface area (Å²) in [5, 5.41) is 36.8. The van der Waals surface area contributed by atoms with E-state index in [0.717, 1.165) is 0 Å². The Morgan fingerprint density at radius 3 is 1.37 bits per heavy atom. The second-order valence-electron chi connectivity index (χ2n) is 3.23. The molecule has 0 heterocycles. The van der Waals surface area contributed by atoms with E-state index < -0.39 is 24.1 Å². The van der Waals surface area contributed by atoms with Crippen LogP contribution < -0.4 is 10.2 Å². The van der Waals surface area contributed by atoms with Crippen molar-refractivity contribution >= 4 is 73.2 Å². The van der Waals surface area contributed by atoms with Crippen molar-refractivity contribution in [1.82, 2.24) is 0 Å². The summed E-state index contributed by atoms with van der Waals surface area (Å²) in [7, 11) is 0. The second-order valence-corrected chi connectivity index (χ2v) is 5.20. The van der Waals surface area contributed by atoms with Crippen LogP contribution in [0.15, 0.2) is 0 Å². The normalized spacial score (nSPS) is 12.4. The fourth-order valence-electron chi connectivity index (χ4n) is 0.695. The van der Waals surface area contributed by atoms with E-state index >= 15 is 0 Å². The van der Waals surface area contributed by atoms with Gasteiger partial charge < -0.3 is 30.0 Å². The van der Waals surface area contributed by atoms with E-state index in [1.165, 1.54) is 23.5 Å². The predicted molar refractivity (Wildman–Crippen MR) is 73.8 cm³/mol. The number of aliphatic hydroxyl groups is 2. The summed E-state index contributed by atoms with van der Waals surface area (Å²) < 4.78 is 0. The molecular weight excluding hydrogens is 320 g/mol. The van der Waals surface area contributed by atoms with Crippen molar-refractivity contribution in [2.24, 2.45) is 0 Å².